The van der Waals surface area contributed by atoms with E-state index >= 15 is 0 Å². The highest BCUT2D eigenvalue weighted by molar-refractivity contribution is 6.22. The van der Waals surface area contributed by atoms with E-state index in [9.17, 15) is 9.59 Å². The van der Waals surface area contributed by atoms with Gasteiger partial charge in [0.15, 0.2) is 0 Å². The minimum Gasteiger partial charge on any atom is -0.274 e. The fourth-order valence-corrected chi connectivity index (χ4v) is 3.40. The SMILES string of the molecule is Cc1cc(C)nc(N2C(=O)CC3(CCCC3)C2=O)c1. The number of aryl methyl sites for hydroxylation is 2. The van der Waals surface area contributed by atoms with Gasteiger partial charge in [-0.25, -0.2) is 9.88 Å². The van der Waals surface area contributed by atoms with Crippen LogP contribution >= 0.6 is 0 Å². The molecule has 1 aliphatic carbocycles. The van der Waals surface area contributed by atoms with E-state index in [0.29, 0.717) is 12.2 Å². The summed E-state index contributed by atoms with van der Waals surface area (Å²) in [6, 6.07) is 3.76. The van der Waals surface area contributed by atoms with Gasteiger partial charge in [0.05, 0.1) is 5.41 Å². The predicted octanol–water partition coefficient (Wildman–Crippen LogP) is 2.52. The molecule has 19 heavy (non-hydrogen) atoms. The lowest BCUT2D eigenvalue weighted by Crippen LogP contribution is -2.35. The van der Waals surface area contributed by atoms with Crippen molar-refractivity contribution in [3.8, 4) is 0 Å². The van der Waals surface area contributed by atoms with E-state index in [0.717, 1.165) is 36.9 Å². The number of hydrogen-bond donors (Lipinski definition) is 0. The molecule has 3 rings (SSSR count). The molecular weight excluding hydrogens is 240 g/mol. The monoisotopic (exact) mass is 258 g/mol. The van der Waals surface area contributed by atoms with Crippen molar-refractivity contribution in [1.29, 1.82) is 0 Å². The first-order chi connectivity index (χ1) is 9.02. The summed E-state index contributed by atoms with van der Waals surface area (Å²) in [6.45, 7) is 3.83. The van der Waals surface area contributed by atoms with E-state index in [1.54, 1.807) is 0 Å². The van der Waals surface area contributed by atoms with Gasteiger partial charge < -0.3 is 0 Å². The van der Waals surface area contributed by atoms with Gasteiger partial charge in [-0.3, -0.25) is 9.59 Å². The molecule has 2 heterocycles. The molecule has 1 aromatic rings. The topological polar surface area (TPSA) is 50.3 Å². The lowest BCUT2D eigenvalue weighted by atomic mass is 9.84. The highest BCUT2D eigenvalue weighted by atomic mass is 16.2. The third-order valence-electron chi connectivity index (χ3n) is 4.27. The van der Waals surface area contributed by atoms with E-state index in [1.165, 1.54) is 4.90 Å². The zero-order chi connectivity index (χ0) is 13.6. The first-order valence-corrected chi connectivity index (χ1v) is 6.85. The second kappa shape index (κ2) is 4.15. The van der Waals surface area contributed by atoms with Crippen LogP contribution in [0.3, 0.4) is 0 Å². The van der Waals surface area contributed by atoms with Gasteiger partial charge in [0.2, 0.25) is 11.8 Å². The smallest absolute Gasteiger partial charge is 0.241 e. The van der Waals surface area contributed by atoms with Crippen LogP contribution in [0.25, 0.3) is 0 Å². The Morgan fingerprint density at radius 3 is 2.47 bits per heavy atom. The van der Waals surface area contributed by atoms with Gasteiger partial charge in [-0.05, 0) is 44.4 Å². The van der Waals surface area contributed by atoms with Crippen LogP contribution in [0.2, 0.25) is 0 Å². The number of carbonyl (C=O) groups is 2. The number of rotatable bonds is 1. The van der Waals surface area contributed by atoms with Gasteiger partial charge in [0, 0.05) is 12.1 Å². The summed E-state index contributed by atoms with van der Waals surface area (Å²) in [5, 5.41) is 0. The third kappa shape index (κ3) is 1.86. The molecule has 2 amide bonds. The van der Waals surface area contributed by atoms with Crippen molar-refractivity contribution >= 4 is 17.6 Å². The van der Waals surface area contributed by atoms with Crippen LogP contribution in [0.5, 0.6) is 0 Å². The molecule has 1 aliphatic heterocycles. The Kier molecular flexibility index (Phi) is 2.69. The summed E-state index contributed by atoms with van der Waals surface area (Å²) in [5.41, 5.74) is 1.44. The van der Waals surface area contributed by atoms with Crippen molar-refractivity contribution in [3.63, 3.8) is 0 Å². The Hall–Kier alpha value is -1.71. The first kappa shape index (κ1) is 12.3. The minimum absolute atomic E-state index is 0.0347. The molecule has 2 fully saturated rings. The summed E-state index contributed by atoms with van der Waals surface area (Å²) in [6.07, 6.45) is 4.15. The molecular formula is C15H18N2O2. The lowest BCUT2D eigenvalue weighted by molar-refractivity contribution is -0.125. The fraction of sp³-hybridized carbons (Fsp3) is 0.533. The van der Waals surface area contributed by atoms with E-state index in [1.807, 2.05) is 26.0 Å². The molecule has 0 atom stereocenters. The average Bonchev–Trinajstić information content (AvgIpc) is 2.85. The summed E-state index contributed by atoms with van der Waals surface area (Å²) in [5.74, 6) is 0.369. The summed E-state index contributed by atoms with van der Waals surface area (Å²) in [4.78, 5) is 30.5. The number of imide groups is 1. The largest absolute Gasteiger partial charge is 0.274 e. The van der Waals surface area contributed by atoms with Crippen LogP contribution in [0.15, 0.2) is 12.1 Å². The Morgan fingerprint density at radius 2 is 1.84 bits per heavy atom. The van der Waals surface area contributed by atoms with Crippen molar-refractivity contribution < 1.29 is 9.59 Å². The number of hydrogen-bond acceptors (Lipinski definition) is 3. The van der Waals surface area contributed by atoms with Gasteiger partial charge in [-0.15, -0.1) is 0 Å². The van der Waals surface area contributed by atoms with Crippen LogP contribution in [-0.4, -0.2) is 16.8 Å². The molecule has 4 heteroatoms. The second-order valence-electron chi connectivity index (χ2n) is 5.84. The molecule has 4 nitrogen and oxygen atoms in total. The molecule has 100 valence electrons. The Bertz CT molecular complexity index is 539. The van der Waals surface area contributed by atoms with E-state index in [-0.39, 0.29) is 11.8 Å². The highest BCUT2D eigenvalue weighted by Crippen LogP contribution is 2.47. The molecule has 0 radical (unpaired) electrons. The van der Waals surface area contributed by atoms with E-state index < -0.39 is 5.41 Å². The molecule has 1 saturated heterocycles. The molecule has 0 aromatic carbocycles. The standard InChI is InChI=1S/C15H18N2O2/c1-10-7-11(2)16-12(8-10)17-13(18)9-15(14(17)19)5-3-4-6-15/h7-8H,3-6,9H2,1-2H3. The summed E-state index contributed by atoms with van der Waals surface area (Å²) >= 11 is 0. The zero-order valence-corrected chi connectivity index (χ0v) is 11.4. The number of carbonyl (C=O) groups excluding carboxylic acids is 2. The maximum atomic E-state index is 12.6. The highest BCUT2D eigenvalue weighted by Gasteiger charge is 2.53. The quantitative estimate of drug-likeness (QED) is 0.727. The van der Waals surface area contributed by atoms with Crippen LogP contribution in [0.1, 0.15) is 43.4 Å². The zero-order valence-electron chi connectivity index (χ0n) is 11.4. The number of nitrogens with zero attached hydrogens (tertiary/aromatic N) is 2. The van der Waals surface area contributed by atoms with Gasteiger partial charge >= 0.3 is 0 Å². The number of pyridine rings is 1. The molecule has 1 saturated carbocycles. The third-order valence-corrected chi connectivity index (χ3v) is 4.27. The van der Waals surface area contributed by atoms with Gasteiger partial charge in [0.25, 0.3) is 0 Å². The van der Waals surface area contributed by atoms with Crippen molar-refractivity contribution in [2.75, 3.05) is 4.90 Å². The Balaban J connectivity index is 2.01. The maximum absolute atomic E-state index is 12.6. The van der Waals surface area contributed by atoms with Gasteiger partial charge in [0.1, 0.15) is 5.82 Å². The summed E-state index contributed by atoms with van der Waals surface area (Å²) in [7, 11) is 0. The van der Waals surface area contributed by atoms with Crippen LogP contribution in [0, 0.1) is 19.3 Å². The van der Waals surface area contributed by atoms with Crippen molar-refractivity contribution in [2.45, 2.75) is 46.0 Å². The molecule has 0 N–H and O–H groups in total. The minimum atomic E-state index is -0.420. The maximum Gasteiger partial charge on any atom is 0.241 e. The molecule has 0 unspecified atom stereocenters. The molecule has 1 aromatic heterocycles. The Morgan fingerprint density at radius 1 is 1.16 bits per heavy atom. The first-order valence-electron chi connectivity index (χ1n) is 6.85. The predicted molar refractivity (Wildman–Crippen MR) is 71.7 cm³/mol. The van der Waals surface area contributed by atoms with Gasteiger partial charge in [-0.2, -0.15) is 0 Å². The van der Waals surface area contributed by atoms with Crippen LogP contribution in [0.4, 0.5) is 5.82 Å². The van der Waals surface area contributed by atoms with Crippen molar-refractivity contribution in [3.05, 3.63) is 23.4 Å². The second-order valence-corrected chi connectivity index (χ2v) is 5.84. The summed E-state index contributed by atoms with van der Waals surface area (Å²) < 4.78 is 0. The fourth-order valence-electron chi connectivity index (χ4n) is 3.40. The van der Waals surface area contributed by atoms with E-state index in [2.05, 4.69) is 4.98 Å². The van der Waals surface area contributed by atoms with Crippen LogP contribution in [-0.2, 0) is 9.59 Å². The molecule has 2 aliphatic rings. The Labute approximate surface area is 112 Å². The van der Waals surface area contributed by atoms with Crippen molar-refractivity contribution in [1.82, 2.24) is 4.98 Å². The number of aromatic nitrogens is 1. The number of amides is 2. The number of anilines is 1. The normalized spacial score (nSPS) is 21.7. The molecule has 0 bridgehead atoms. The lowest BCUT2D eigenvalue weighted by Gasteiger charge is -2.20. The molecule has 1 spiro atoms. The van der Waals surface area contributed by atoms with Crippen molar-refractivity contribution in [2.24, 2.45) is 5.41 Å². The van der Waals surface area contributed by atoms with Gasteiger partial charge in [-0.1, -0.05) is 12.8 Å². The average molecular weight is 258 g/mol. The van der Waals surface area contributed by atoms with E-state index in [4.69, 9.17) is 0 Å². The van der Waals surface area contributed by atoms with Crippen LogP contribution < -0.4 is 4.90 Å².